The van der Waals surface area contributed by atoms with Gasteiger partial charge in [0, 0.05) is 22.2 Å². The summed E-state index contributed by atoms with van der Waals surface area (Å²) in [6, 6.07) is 19.5. The molecule has 0 aliphatic heterocycles. The Morgan fingerprint density at radius 3 is 2.18 bits per heavy atom. The topological polar surface area (TPSA) is 85.9 Å². The lowest BCUT2D eigenvalue weighted by atomic mass is 10.2. The number of anilines is 2. The van der Waals surface area contributed by atoms with Crippen LogP contribution in [0.1, 0.15) is 17.3 Å². The molecule has 8 heteroatoms. The molecule has 0 saturated carbocycles. The molecule has 0 aliphatic carbocycles. The predicted molar refractivity (Wildman–Crippen MR) is 131 cm³/mol. The van der Waals surface area contributed by atoms with Crippen molar-refractivity contribution < 1.29 is 23.8 Å². The number of nitrogens with one attached hydrogen (secondary N) is 2. The fraction of sp³-hybridized carbons (Fsp3) is 0.200. The van der Waals surface area contributed by atoms with Gasteiger partial charge in [-0.25, -0.2) is 0 Å². The van der Waals surface area contributed by atoms with E-state index in [2.05, 4.69) is 10.6 Å². The molecule has 3 aromatic rings. The second-order valence-electron chi connectivity index (χ2n) is 7.03. The Kier molecular flexibility index (Phi) is 8.21. The summed E-state index contributed by atoms with van der Waals surface area (Å²) >= 11 is 1.41. The zero-order valence-corrected chi connectivity index (χ0v) is 19.7. The summed E-state index contributed by atoms with van der Waals surface area (Å²) < 4.78 is 15.7. The Balaban J connectivity index is 1.58. The van der Waals surface area contributed by atoms with E-state index in [1.54, 1.807) is 68.8 Å². The van der Waals surface area contributed by atoms with Gasteiger partial charge in [0.05, 0.1) is 32.3 Å². The highest BCUT2D eigenvalue weighted by Crippen LogP contribution is 2.31. The van der Waals surface area contributed by atoms with Gasteiger partial charge in [-0.2, -0.15) is 0 Å². The zero-order chi connectivity index (χ0) is 23.8. The fourth-order valence-corrected chi connectivity index (χ4v) is 3.85. The van der Waals surface area contributed by atoms with Crippen LogP contribution >= 0.6 is 11.8 Å². The lowest BCUT2D eigenvalue weighted by molar-refractivity contribution is -0.115. The number of ether oxygens (including phenoxy) is 3. The van der Waals surface area contributed by atoms with Crippen molar-refractivity contribution in [3.05, 3.63) is 72.3 Å². The second-order valence-corrected chi connectivity index (χ2v) is 8.44. The zero-order valence-electron chi connectivity index (χ0n) is 18.9. The number of amides is 2. The summed E-state index contributed by atoms with van der Waals surface area (Å²) in [5.41, 5.74) is 1.74. The molecule has 3 aromatic carbocycles. The van der Waals surface area contributed by atoms with Gasteiger partial charge in [0.15, 0.2) is 0 Å². The maximum atomic E-state index is 12.7. The van der Waals surface area contributed by atoms with Crippen LogP contribution < -0.4 is 24.8 Å². The first-order valence-corrected chi connectivity index (χ1v) is 11.1. The van der Waals surface area contributed by atoms with Crippen molar-refractivity contribution in [1.29, 1.82) is 0 Å². The van der Waals surface area contributed by atoms with E-state index in [1.165, 1.54) is 18.9 Å². The number of carbonyl (C=O) groups excluding carboxylic acids is 2. The molecule has 7 nitrogen and oxygen atoms in total. The average Bonchev–Trinajstić information content (AvgIpc) is 2.85. The van der Waals surface area contributed by atoms with Crippen LogP contribution in [0.5, 0.6) is 17.2 Å². The summed E-state index contributed by atoms with van der Waals surface area (Å²) in [4.78, 5) is 26.0. The molecular formula is C25H26N2O5S. The van der Waals surface area contributed by atoms with Crippen LogP contribution in [0, 0.1) is 0 Å². The number of hydrogen-bond acceptors (Lipinski definition) is 6. The molecule has 0 bridgehead atoms. The molecule has 0 spiro atoms. The highest BCUT2D eigenvalue weighted by molar-refractivity contribution is 8.00. The molecular weight excluding hydrogens is 440 g/mol. The van der Waals surface area contributed by atoms with Crippen molar-refractivity contribution in [2.24, 2.45) is 0 Å². The number of thioether (sulfide) groups is 1. The quantitative estimate of drug-likeness (QED) is 0.428. The van der Waals surface area contributed by atoms with Gasteiger partial charge in [-0.3, -0.25) is 9.59 Å². The van der Waals surface area contributed by atoms with Crippen LogP contribution in [0.2, 0.25) is 0 Å². The van der Waals surface area contributed by atoms with Crippen LogP contribution in [0.25, 0.3) is 0 Å². The smallest absolute Gasteiger partial charge is 0.255 e. The van der Waals surface area contributed by atoms with Crippen molar-refractivity contribution in [1.82, 2.24) is 0 Å². The largest absolute Gasteiger partial charge is 0.497 e. The minimum absolute atomic E-state index is 0.154. The monoisotopic (exact) mass is 466 g/mol. The molecule has 172 valence electrons. The summed E-state index contributed by atoms with van der Waals surface area (Å²) in [5, 5.41) is 5.40. The molecule has 0 saturated heterocycles. The summed E-state index contributed by atoms with van der Waals surface area (Å²) in [5.74, 6) is 1.41. The van der Waals surface area contributed by atoms with Gasteiger partial charge in [-0.15, -0.1) is 11.8 Å². The van der Waals surface area contributed by atoms with E-state index >= 15 is 0 Å². The molecule has 1 atom stereocenters. The maximum Gasteiger partial charge on any atom is 0.255 e. The van der Waals surface area contributed by atoms with E-state index in [-0.39, 0.29) is 17.1 Å². The van der Waals surface area contributed by atoms with Gasteiger partial charge in [0.1, 0.15) is 17.2 Å². The van der Waals surface area contributed by atoms with Crippen molar-refractivity contribution >= 4 is 35.0 Å². The lowest BCUT2D eigenvalue weighted by Gasteiger charge is -2.15. The number of methoxy groups -OCH3 is 3. The first kappa shape index (κ1) is 24.0. The van der Waals surface area contributed by atoms with Crippen molar-refractivity contribution in [3.8, 4) is 17.2 Å². The molecule has 3 rings (SSSR count). The average molecular weight is 467 g/mol. The van der Waals surface area contributed by atoms with Gasteiger partial charge in [-0.1, -0.05) is 6.07 Å². The minimum atomic E-state index is -0.353. The summed E-state index contributed by atoms with van der Waals surface area (Å²) in [6.45, 7) is 1.83. The van der Waals surface area contributed by atoms with Crippen LogP contribution in [0.3, 0.4) is 0 Å². The Hall–Kier alpha value is -3.65. The molecule has 0 fully saturated rings. The van der Waals surface area contributed by atoms with E-state index in [0.29, 0.717) is 34.2 Å². The number of rotatable bonds is 9. The first-order chi connectivity index (χ1) is 15.9. The Morgan fingerprint density at radius 1 is 0.818 bits per heavy atom. The first-order valence-electron chi connectivity index (χ1n) is 10.2. The van der Waals surface area contributed by atoms with Gasteiger partial charge in [0.25, 0.3) is 5.91 Å². The standard InChI is InChI=1S/C25H26N2O5S/c1-16(24(28)27-22-13-10-20(31-3)15-23(22)32-4)33-21-11-8-18(9-12-21)26-25(29)17-6-5-7-19(14-17)30-2/h5-16H,1-4H3,(H,26,29)(H,27,28). The van der Waals surface area contributed by atoms with Crippen molar-refractivity contribution in [2.75, 3.05) is 32.0 Å². The van der Waals surface area contributed by atoms with Gasteiger partial charge in [-0.05, 0) is 61.5 Å². The fourth-order valence-electron chi connectivity index (χ4n) is 2.98. The Morgan fingerprint density at radius 2 is 1.52 bits per heavy atom. The molecule has 2 amide bonds. The minimum Gasteiger partial charge on any atom is -0.497 e. The normalized spacial score (nSPS) is 11.3. The molecule has 2 N–H and O–H groups in total. The molecule has 1 unspecified atom stereocenters. The number of hydrogen-bond donors (Lipinski definition) is 2. The second kappa shape index (κ2) is 11.3. The van der Waals surface area contributed by atoms with E-state index in [4.69, 9.17) is 14.2 Å². The van der Waals surface area contributed by atoms with Crippen molar-refractivity contribution in [3.63, 3.8) is 0 Å². The molecule has 33 heavy (non-hydrogen) atoms. The maximum absolute atomic E-state index is 12.7. The Bertz CT molecular complexity index is 1120. The van der Waals surface area contributed by atoms with Crippen LogP contribution in [0.4, 0.5) is 11.4 Å². The lowest BCUT2D eigenvalue weighted by Crippen LogP contribution is -2.22. The van der Waals surface area contributed by atoms with E-state index in [1.807, 2.05) is 19.1 Å². The Labute approximate surface area is 197 Å². The molecule has 0 heterocycles. The third-order valence-electron chi connectivity index (χ3n) is 4.79. The van der Waals surface area contributed by atoms with E-state index in [9.17, 15) is 9.59 Å². The van der Waals surface area contributed by atoms with Crippen LogP contribution in [-0.4, -0.2) is 38.4 Å². The van der Waals surface area contributed by atoms with Crippen LogP contribution in [0.15, 0.2) is 71.6 Å². The molecule has 0 aliphatic rings. The van der Waals surface area contributed by atoms with Crippen molar-refractivity contribution in [2.45, 2.75) is 17.1 Å². The van der Waals surface area contributed by atoms with Gasteiger partial charge >= 0.3 is 0 Å². The summed E-state index contributed by atoms with van der Waals surface area (Å²) in [7, 11) is 4.67. The predicted octanol–water partition coefficient (Wildman–Crippen LogP) is 5.08. The molecule has 0 aromatic heterocycles. The number of benzene rings is 3. The van der Waals surface area contributed by atoms with E-state index in [0.717, 1.165) is 4.90 Å². The highest BCUT2D eigenvalue weighted by Gasteiger charge is 2.17. The molecule has 0 radical (unpaired) electrons. The van der Waals surface area contributed by atoms with E-state index < -0.39 is 0 Å². The third-order valence-corrected chi connectivity index (χ3v) is 5.90. The van der Waals surface area contributed by atoms with Gasteiger partial charge in [0.2, 0.25) is 5.91 Å². The highest BCUT2D eigenvalue weighted by atomic mass is 32.2. The SMILES string of the molecule is COc1cccc(C(=O)Nc2ccc(SC(C)C(=O)Nc3ccc(OC)cc3OC)cc2)c1. The third kappa shape index (κ3) is 6.43. The summed E-state index contributed by atoms with van der Waals surface area (Å²) in [6.07, 6.45) is 0. The van der Waals surface area contributed by atoms with Gasteiger partial charge < -0.3 is 24.8 Å². The number of carbonyl (C=O) groups is 2. The van der Waals surface area contributed by atoms with Crippen LogP contribution in [-0.2, 0) is 4.79 Å².